The van der Waals surface area contributed by atoms with Gasteiger partial charge in [-0.05, 0) is 12.0 Å². The second-order valence-corrected chi connectivity index (χ2v) is 3.42. The van der Waals surface area contributed by atoms with Crippen LogP contribution >= 0.6 is 0 Å². The summed E-state index contributed by atoms with van der Waals surface area (Å²) in [6, 6.07) is 10.1. The first-order valence-electron chi connectivity index (χ1n) is 5.60. The molecule has 0 bridgehead atoms. The fourth-order valence-electron chi connectivity index (χ4n) is 1.35. The first-order valence-corrected chi connectivity index (χ1v) is 5.60. The van der Waals surface area contributed by atoms with E-state index in [1.54, 1.807) is 0 Å². The van der Waals surface area contributed by atoms with Crippen molar-refractivity contribution in [1.29, 1.82) is 0 Å². The van der Waals surface area contributed by atoms with Crippen molar-refractivity contribution < 1.29 is 4.79 Å². The normalized spacial score (nSPS) is 8.81. The van der Waals surface area contributed by atoms with Crippen LogP contribution in [0.1, 0.15) is 25.3 Å². The predicted octanol–water partition coefficient (Wildman–Crippen LogP) is 3.25. The second kappa shape index (κ2) is 9.97. The van der Waals surface area contributed by atoms with E-state index < -0.39 is 0 Å². The van der Waals surface area contributed by atoms with Crippen LogP contribution in [0, 0.1) is 0 Å². The molecular formula is C14H21NO. The van der Waals surface area contributed by atoms with Crippen LogP contribution in [0.25, 0.3) is 0 Å². The molecule has 1 aromatic carbocycles. The molecule has 0 heterocycles. The van der Waals surface area contributed by atoms with Gasteiger partial charge in [-0.25, -0.2) is 0 Å². The molecule has 0 N–H and O–H groups in total. The molecule has 1 rings (SSSR count). The highest BCUT2D eigenvalue weighted by atomic mass is 16.1. The van der Waals surface area contributed by atoms with Gasteiger partial charge in [-0.3, -0.25) is 4.79 Å². The molecule has 2 heteroatoms. The highest BCUT2D eigenvalue weighted by Gasteiger charge is 2.00. The van der Waals surface area contributed by atoms with E-state index in [4.69, 9.17) is 0 Å². The van der Waals surface area contributed by atoms with Crippen LogP contribution in [0.15, 0.2) is 43.5 Å². The van der Waals surface area contributed by atoms with E-state index in [0.717, 1.165) is 32.3 Å². The lowest BCUT2D eigenvalue weighted by molar-refractivity contribution is -0.118. The highest BCUT2D eigenvalue weighted by Crippen LogP contribution is 2.03. The fraction of sp³-hybridized carbons (Fsp3) is 0.357. The van der Waals surface area contributed by atoms with Crippen molar-refractivity contribution in [3.63, 3.8) is 0 Å². The number of hydrogen-bond acceptors (Lipinski definition) is 1. The van der Waals surface area contributed by atoms with Crippen LogP contribution in [-0.2, 0) is 11.3 Å². The molecule has 1 aromatic rings. The molecule has 16 heavy (non-hydrogen) atoms. The van der Waals surface area contributed by atoms with E-state index in [1.165, 1.54) is 5.56 Å². The Bertz CT molecular complexity index is 271. The fourth-order valence-corrected chi connectivity index (χ4v) is 1.35. The van der Waals surface area contributed by atoms with Gasteiger partial charge in [0.1, 0.15) is 0 Å². The summed E-state index contributed by atoms with van der Waals surface area (Å²) in [7, 11) is 0. The Morgan fingerprint density at radius 3 is 2.38 bits per heavy atom. The number of nitrogens with zero attached hydrogens (tertiary/aromatic N) is 1. The van der Waals surface area contributed by atoms with E-state index in [1.807, 2.05) is 35.2 Å². The topological polar surface area (TPSA) is 20.3 Å². The third-order valence-corrected chi connectivity index (χ3v) is 2.18. The molecule has 0 aliphatic rings. The molecule has 0 radical (unpaired) electrons. The minimum Gasteiger partial charge on any atom is -0.341 e. The summed E-state index contributed by atoms with van der Waals surface area (Å²) in [5.74, 6) is 0. The van der Waals surface area contributed by atoms with E-state index in [2.05, 4.69) is 20.1 Å². The Labute approximate surface area is 98.6 Å². The van der Waals surface area contributed by atoms with Crippen molar-refractivity contribution in [3.8, 4) is 0 Å². The molecule has 0 aliphatic carbocycles. The lowest BCUT2D eigenvalue weighted by Crippen LogP contribution is -2.22. The molecule has 1 amide bonds. The van der Waals surface area contributed by atoms with Gasteiger partial charge >= 0.3 is 0 Å². The van der Waals surface area contributed by atoms with Gasteiger partial charge in [0.2, 0.25) is 6.41 Å². The summed E-state index contributed by atoms with van der Waals surface area (Å²) in [4.78, 5) is 12.6. The van der Waals surface area contributed by atoms with Crippen LogP contribution in [0.5, 0.6) is 0 Å². The van der Waals surface area contributed by atoms with Crippen LogP contribution < -0.4 is 0 Å². The van der Waals surface area contributed by atoms with Crippen LogP contribution in [0.2, 0.25) is 0 Å². The maximum absolute atomic E-state index is 10.7. The third kappa shape index (κ3) is 6.02. The molecule has 0 unspecified atom stereocenters. The molecule has 0 saturated heterocycles. The molecule has 0 saturated carbocycles. The minimum absolute atomic E-state index is 0.727. The van der Waals surface area contributed by atoms with Crippen molar-refractivity contribution in [3.05, 3.63) is 49.1 Å². The number of unbranched alkanes of at least 4 members (excludes halogenated alkanes) is 1. The quantitative estimate of drug-likeness (QED) is 0.531. The van der Waals surface area contributed by atoms with Crippen molar-refractivity contribution in [2.24, 2.45) is 0 Å². The Morgan fingerprint density at radius 2 is 1.88 bits per heavy atom. The first-order chi connectivity index (χ1) is 7.86. The Hall–Kier alpha value is -1.57. The smallest absolute Gasteiger partial charge is 0.210 e. The average Bonchev–Trinajstić information content (AvgIpc) is 2.38. The van der Waals surface area contributed by atoms with Crippen molar-refractivity contribution in [1.82, 2.24) is 4.90 Å². The number of carbonyl (C=O) groups excluding carboxylic acids is 1. The van der Waals surface area contributed by atoms with Gasteiger partial charge in [0.05, 0.1) is 0 Å². The lowest BCUT2D eigenvalue weighted by atomic mass is 10.2. The second-order valence-electron chi connectivity index (χ2n) is 3.42. The molecular weight excluding hydrogens is 198 g/mol. The van der Waals surface area contributed by atoms with Crippen LogP contribution in [0.4, 0.5) is 0 Å². The number of amides is 1. The molecule has 0 spiro atoms. The number of hydrogen-bond donors (Lipinski definition) is 0. The Kier molecular flexibility index (Phi) is 8.99. The summed E-state index contributed by atoms with van der Waals surface area (Å²) < 4.78 is 0. The van der Waals surface area contributed by atoms with Gasteiger partial charge < -0.3 is 4.90 Å². The molecule has 0 aromatic heterocycles. The largest absolute Gasteiger partial charge is 0.341 e. The summed E-state index contributed by atoms with van der Waals surface area (Å²) in [6.45, 7) is 9.71. The Balaban J connectivity index is 0.00000106. The van der Waals surface area contributed by atoms with Gasteiger partial charge in [-0.15, -0.1) is 13.2 Å². The van der Waals surface area contributed by atoms with E-state index in [9.17, 15) is 4.79 Å². The maximum atomic E-state index is 10.7. The zero-order valence-electron chi connectivity index (χ0n) is 10.1. The molecule has 0 fully saturated rings. The minimum atomic E-state index is 0.727. The van der Waals surface area contributed by atoms with Gasteiger partial charge in [0.25, 0.3) is 0 Å². The van der Waals surface area contributed by atoms with Gasteiger partial charge in [0.15, 0.2) is 0 Å². The predicted molar refractivity (Wildman–Crippen MR) is 69.1 cm³/mol. The molecule has 2 nitrogen and oxygen atoms in total. The summed E-state index contributed by atoms with van der Waals surface area (Å²) in [5.41, 5.74) is 1.19. The van der Waals surface area contributed by atoms with Crippen molar-refractivity contribution in [2.75, 3.05) is 6.54 Å². The first kappa shape index (κ1) is 14.4. The zero-order chi connectivity index (χ0) is 12.2. The highest BCUT2D eigenvalue weighted by molar-refractivity contribution is 5.47. The molecule has 0 aliphatic heterocycles. The molecule has 88 valence electrons. The summed E-state index contributed by atoms with van der Waals surface area (Å²) >= 11 is 0. The number of carbonyl (C=O) groups is 1. The van der Waals surface area contributed by atoms with E-state index in [0.29, 0.717) is 0 Å². The summed E-state index contributed by atoms with van der Waals surface area (Å²) in [5, 5.41) is 0. The maximum Gasteiger partial charge on any atom is 0.210 e. The van der Waals surface area contributed by atoms with Crippen LogP contribution in [-0.4, -0.2) is 17.9 Å². The van der Waals surface area contributed by atoms with Gasteiger partial charge in [-0.2, -0.15) is 0 Å². The van der Waals surface area contributed by atoms with E-state index >= 15 is 0 Å². The van der Waals surface area contributed by atoms with Gasteiger partial charge in [0, 0.05) is 13.1 Å². The summed E-state index contributed by atoms with van der Waals surface area (Å²) in [6.07, 6.45) is 3.13. The zero-order valence-corrected chi connectivity index (χ0v) is 10.1. The Morgan fingerprint density at radius 1 is 1.25 bits per heavy atom. The van der Waals surface area contributed by atoms with Crippen LogP contribution in [0.3, 0.4) is 0 Å². The average molecular weight is 219 g/mol. The number of rotatable bonds is 6. The lowest BCUT2D eigenvalue weighted by Gasteiger charge is -2.16. The molecule has 0 atom stereocenters. The SMILES string of the molecule is C=C.CCCCN(C=O)Cc1ccccc1. The van der Waals surface area contributed by atoms with Gasteiger partial charge in [-0.1, -0.05) is 43.7 Å². The van der Waals surface area contributed by atoms with Crippen molar-refractivity contribution in [2.45, 2.75) is 26.3 Å². The standard InChI is InChI=1S/C12H17NO.C2H4/c1-2-3-9-13(11-14)10-12-7-5-4-6-8-12;1-2/h4-8,11H,2-3,9-10H2,1H3;1-2H2. The van der Waals surface area contributed by atoms with E-state index in [-0.39, 0.29) is 0 Å². The monoisotopic (exact) mass is 219 g/mol. The van der Waals surface area contributed by atoms with Crippen molar-refractivity contribution >= 4 is 6.41 Å². The third-order valence-electron chi connectivity index (χ3n) is 2.18. The number of benzene rings is 1.